The number of anilines is 1. The zero-order valence-electron chi connectivity index (χ0n) is 17.5. The van der Waals surface area contributed by atoms with Crippen LogP contribution in [0, 0.1) is 13.5 Å². The molecule has 0 radical (unpaired) electrons. The number of hydrogen-bond acceptors (Lipinski definition) is 4. The predicted octanol–water partition coefficient (Wildman–Crippen LogP) is 5.53. The van der Waals surface area contributed by atoms with Crippen molar-refractivity contribution in [1.82, 2.24) is 4.57 Å². The molecule has 1 aromatic heterocycles. The van der Waals surface area contributed by atoms with Gasteiger partial charge in [0.2, 0.25) is 0 Å². The fourth-order valence-electron chi connectivity index (χ4n) is 3.78. The second-order valence-corrected chi connectivity index (χ2v) is 7.12. The van der Waals surface area contributed by atoms with Gasteiger partial charge in [-0.05, 0) is 59.8 Å². The van der Waals surface area contributed by atoms with Crippen LogP contribution in [0.3, 0.4) is 0 Å². The Morgan fingerprint density at radius 2 is 1.87 bits per heavy atom. The summed E-state index contributed by atoms with van der Waals surface area (Å²) in [4.78, 5) is 15.9. The number of fused-ring (bicyclic) bond motifs is 1. The van der Waals surface area contributed by atoms with Gasteiger partial charge in [0.05, 0.1) is 26.3 Å². The van der Waals surface area contributed by atoms with Crippen molar-refractivity contribution in [2.45, 2.75) is 6.92 Å². The minimum absolute atomic E-state index is 0.337. The molecular weight excluding hydrogens is 390 g/mol. The summed E-state index contributed by atoms with van der Waals surface area (Å²) in [6.07, 6.45) is 2.00. The number of nitrogens with zero attached hydrogens (tertiary/aromatic N) is 2. The lowest BCUT2D eigenvalue weighted by Gasteiger charge is -2.11. The van der Waals surface area contributed by atoms with E-state index in [0.717, 1.165) is 33.3 Å². The molecule has 154 valence electrons. The molecule has 0 saturated heterocycles. The van der Waals surface area contributed by atoms with E-state index in [2.05, 4.69) is 4.85 Å². The van der Waals surface area contributed by atoms with E-state index in [0.29, 0.717) is 22.7 Å². The predicted molar refractivity (Wildman–Crippen MR) is 122 cm³/mol. The van der Waals surface area contributed by atoms with E-state index in [9.17, 15) is 4.79 Å². The third-order valence-corrected chi connectivity index (χ3v) is 5.45. The zero-order valence-corrected chi connectivity index (χ0v) is 17.5. The SMILES string of the molecule is [C-]#[N+]c1ccc2c(c1)c(-c1cccc(N)c1C)cn2-c1ccc(OC)c(C(=O)OC)c1. The number of methoxy groups -OCH3 is 2. The fraction of sp³-hybridized carbons (Fsp3) is 0.120. The monoisotopic (exact) mass is 411 g/mol. The Labute approximate surface area is 180 Å². The summed E-state index contributed by atoms with van der Waals surface area (Å²) in [6.45, 7) is 9.40. The zero-order chi connectivity index (χ0) is 22.1. The molecule has 0 bridgehead atoms. The lowest BCUT2D eigenvalue weighted by atomic mass is 9.99. The van der Waals surface area contributed by atoms with Gasteiger partial charge in [0.15, 0.2) is 5.69 Å². The Balaban J connectivity index is 2.02. The molecule has 0 unspecified atom stereocenters. The van der Waals surface area contributed by atoms with Gasteiger partial charge in [-0.3, -0.25) is 0 Å². The van der Waals surface area contributed by atoms with E-state index in [1.165, 1.54) is 14.2 Å². The minimum Gasteiger partial charge on any atom is -0.496 e. The molecule has 4 rings (SSSR count). The van der Waals surface area contributed by atoms with Crippen LogP contribution in [0.1, 0.15) is 15.9 Å². The van der Waals surface area contributed by atoms with Crippen LogP contribution in [0.4, 0.5) is 11.4 Å². The third-order valence-electron chi connectivity index (χ3n) is 5.45. The third kappa shape index (κ3) is 3.36. The van der Waals surface area contributed by atoms with Crippen molar-refractivity contribution in [3.63, 3.8) is 0 Å². The van der Waals surface area contributed by atoms with Crippen LogP contribution in [0.15, 0.2) is 60.8 Å². The van der Waals surface area contributed by atoms with E-state index in [1.54, 1.807) is 18.2 Å². The summed E-state index contributed by atoms with van der Waals surface area (Å²) >= 11 is 0. The Hall–Kier alpha value is -4.24. The Kier molecular flexibility index (Phi) is 5.10. The van der Waals surface area contributed by atoms with Crippen LogP contribution >= 0.6 is 0 Å². The number of nitrogen functional groups attached to an aromatic ring is 1. The van der Waals surface area contributed by atoms with Crippen molar-refractivity contribution < 1.29 is 14.3 Å². The van der Waals surface area contributed by atoms with Crippen LogP contribution in [-0.4, -0.2) is 24.8 Å². The van der Waals surface area contributed by atoms with Gasteiger partial charge in [-0.1, -0.05) is 18.2 Å². The standard InChI is InChI=1S/C25H21N3O3/c1-15-18(6-5-7-22(15)26)21-14-28(23-10-8-16(27-2)12-19(21)23)17-9-11-24(30-3)20(13-17)25(29)31-4/h5-14H,26H2,1,3-4H3. The van der Waals surface area contributed by atoms with Crippen molar-refractivity contribution in [1.29, 1.82) is 0 Å². The van der Waals surface area contributed by atoms with Gasteiger partial charge in [-0.25, -0.2) is 9.64 Å². The lowest BCUT2D eigenvalue weighted by molar-refractivity contribution is 0.0597. The molecule has 6 nitrogen and oxygen atoms in total. The average Bonchev–Trinajstić information content (AvgIpc) is 3.18. The van der Waals surface area contributed by atoms with Gasteiger partial charge in [-0.15, -0.1) is 0 Å². The lowest BCUT2D eigenvalue weighted by Crippen LogP contribution is -2.05. The first-order valence-electron chi connectivity index (χ1n) is 9.63. The summed E-state index contributed by atoms with van der Waals surface area (Å²) in [5, 5.41) is 0.928. The molecule has 2 N–H and O–H groups in total. The van der Waals surface area contributed by atoms with Crippen LogP contribution < -0.4 is 10.5 Å². The highest BCUT2D eigenvalue weighted by Gasteiger charge is 2.18. The minimum atomic E-state index is -0.475. The van der Waals surface area contributed by atoms with Gasteiger partial charge < -0.3 is 19.8 Å². The molecule has 0 spiro atoms. The largest absolute Gasteiger partial charge is 0.496 e. The molecule has 31 heavy (non-hydrogen) atoms. The molecule has 0 atom stereocenters. The second kappa shape index (κ2) is 7.88. The first-order chi connectivity index (χ1) is 15.0. The number of rotatable bonds is 4. The first-order valence-corrected chi connectivity index (χ1v) is 9.63. The number of hydrogen-bond donors (Lipinski definition) is 1. The molecular formula is C25H21N3O3. The molecule has 1 heterocycles. The van der Waals surface area contributed by atoms with Crippen LogP contribution in [-0.2, 0) is 4.74 Å². The fourth-order valence-corrected chi connectivity index (χ4v) is 3.78. The van der Waals surface area contributed by atoms with E-state index in [4.69, 9.17) is 21.8 Å². The highest BCUT2D eigenvalue weighted by molar-refractivity contribution is 6.00. The molecule has 0 amide bonds. The number of carbonyl (C=O) groups is 1. The number of carbonyl (C=O) groups excluding carboxylic acids is 1. The average molecular weight is 411 g/mol. The maximum Gasteiger partial charge on any atom is 0.341 e. The van der Waals surface area contributed by atoms with Crippen LogP contribution in [0.5, 0.6) is 5.75 Å². The van der Waals surface area contributed by atoms with Crippen molar-refractivity contribution in [3.05, 3.63) is 83.3 Å². The van der Waals surface area contributed by atoms with E-state index >= 15 is 0 Å². The van der Waals surface area contributed by atoms with Crippen molar-refractivity contribution in [2.75, 3.05) is 20.0 Å². The highest BCUT2D eigenvalue weighted by Crippen LogP contribution is 2.38. The van der Waals surface area contributed by atoms with E-state index < -0.39 is 5.97 Å². The van der Waals surface area contributed by atoms with Gasteiger partial charge in [0, 0.05) is 23.1 Å². The van der Waals surface area contributed by atoms with Gasteiger partial charge in [-0.2, -0.15) is 0 Å². The molecule has 0 aliphatic rings. The Bertz CT molecular complexity index is 1360. The van der Waals surface area contributed by atoms with Gasteiger partial charge in [0.25, 0.3) is 0 Å². The Morgan fingerprint density at radius 1 is 1.06 bits per heavy atom. The molecule has 0 fully saturated rings. The molecule has 0 aliphatic heterocycles. The topological polar surface area (TPSA) is 70.8 Å². The molecule has 3 aromatic carbocycles. The van der Waals surface area contributed by atoms with Crippen molar-refractivity contribution >= 4 is 28.2 Å². The number of ether oxygens (including phenoxy) is 2. The molecule has 0 aliphatic carbocycles. The molecule has 4 aromatic rings. The Morgan fingerprint density at radius 3 is 2.58 bits per heavy atom. The maximum absolute atomic E-state index is 12.3. The van der Waals surface area contributed by atoms with E-state index in [-0.39, 0.29) is 0 Å². The normalized spacial score (nSPS) is 10.6. The highest BCUT2D eigenvalue weighted by atomic mass is 16.5. The van der Waals surface area contributed by atoms with Crippen LogP contribution in [0.2, 0.25) is 0 Å². The summed E-state index contributed by atoms with van der Waals surface area (Å²) in [6, 6.07) is 16.7. The first kappa shape index (κ1) is 20.0. The quantitative estimate of drug-likeness (QED) is 0.272. The summed E-state index contributed by atoms with van der Waals surface area (Å²) < 4.78 is 12.2. The number of nitrogens with two attached hydrogens (primary N) is 1. The van der Waals surface area contributed by atoms with Gasteiger partial charge in [0.1, 0.15) is 11.3 Å². The second-order valence-electron chi connectivity index (χ2n) is 7.12. The van der Waals surface area contributed by atoms with Crippen molar-refractivity contribution in [3.8, 4) is 22.6 Å². The van der Waals surface area contributed by atoms with Crippen molar-refractivity contribution in [2.24, 2.45) is 0 Å². The maximum atomic E-state index is 12.3. The number of esters is 1. The van der Waals surface area contributed by atoms with Gasteiger partial charge >= 0.3 is 5.97 Å². The number of aromatic nitrogens is 1. The van der Waals surface area contributed by atoms with E-state index in [1.807, 2.05) is 54.1 Å². The summed E-state index contributed by atoms with van der Waals surface area (Å²) in [5.41, 5.74) is 12.4. The van der Waals surface area contributed by atoms with Crippen LogP contribution in [0.25, 0.3) is 32.6 Å². The summed E-state index contributed by atoms with van der Waals surface area (Å²) in [5.74, 6) is -0.0355. The molecule has 0 saturated carbocycles. The number of benzene rings is 3. The summed E-state index contributed by atoms with van der Waals surface area (Å²) in [7, 11) is 2.85. The molecule has 6 heteroatoms. The smallest absolute Gasteiger partial charge is 0.341 e.